The number of nitrogens with one attached hydrogen (secondary N) is 1. The lowest BCUT2D eigenvalue weighted by Gasteiger charge is -2.43. The molecule has 1 aromatic heterocycles. The van der Waals surface area contributed by atoms with Crippen molar-refractivity contribution in [2.45, 2.75) is 82.2 Å². The number of nitrogens with zero attached hydrogens (tertiary/aromatic N) is 3. The lowest BCUT2D eigenvalue weighted by Crippen LogP contribution is -2.55. The summed E-state index contributed by atoms with van der Waals surface area (Å²) in [6.07, 6.45) is 9.88. The van der Waals surface area contributed by atoms with Crippen LogP contribution in [0.3, 0.4) is 0 Å². The SMILES string of the molecule is CCc1nc(C2(NC(=O)CC3(N4CCOCC4)CCCC3)CCCC2)no1. The molecule has 3 aliphatic rings. The molecular formula is C20H32N4O3. The Morgan fingerprint density at radius 1 is 1.11 bits per heavy atom. The molecule has 0 unspecified atom stereocenters. The summed E-state index contributed by atoms with van der Waals surface area (Å²) in [5.41, 5.74) is -0.446. The first-order valence-corrected chi connectivity index (χ1v) is 10.6. The molecule has 1 N–H and O–H groups in total. The molecule has 0 spiro atoms. The van der Waals surface area contributed by atoms with Gasteiger partial charge in [-0.15, -0.1) is 0 Å². The molecule has 0 radical (unpaired) electrons. The zero-order valence-electron chi connectivity index (χ0n) is 16.5. The van der Waals surface area contributed by atoms with Gasteiger partial charge >= 0.3 is 0 Å². The Labute approximate surface area is 161 Å². The van der Waals surface area contributed by atoms with Crippen LogP contribution in [0.2, 0.25) is 0 Å². The second-order valence-electron chi connectivity index (χ2n) is 8.41. The van der Waals surface area contributed by atoms with Gasteiger partial charge in [-0.05, 0) is 25.7 Å². The molecule has 27 heavy (non-hydrogen) atoms. The lowest BCUT2D eigenvalue weighted by atomic mass is 9.88. The van der Waals surface area contributed by atoms with Crippen LogP contribution in [-0.2, 0) is 21.5 Å². The number of carbonyl (C=O) groups excluding carboxylic acids is 1. The summed E-state index contributed by atoms with van der Waals surface area (Å²) in [6, 6.07) is 0. The molecule has 4 rings (SSSR count). The van der Waals surface area contributed by atoms with Gasteiger partial charge in [-0.3, -0.25) is 9.69 Å². The van der Waals surface area contributed by atoms with Crippen molar-refractivity contribution in [3.63, 3.8) is 0 Å². The molecule has 2 heterocycles. The Balaban J connectivity index is 1.49. The summed E-state index contributed by atoms with van der Waals surface area (Å²) >= 11 is 0. The Morgan fingerprint density at radius 2 is 1.78 bits per heavy atom. The van der Waals surface area contributed by atoms with Gasteiger partial charge in [-0.1, -0.05) is 37.8 Å². The van der Waals surface area contributed by atoms with Gasteiger partial charge in [0.25, 0.3) is 0 Å². The smallest absolute Gasteiger partial charge is 0.226 e. The van der Waals surface area contributed by atoms with Crippen molar-refractivity contribution in [2.24, 2.45) is 0 Å². The minimum Gasteiger partial charge on any atom is -0.379 e. The summed E-state index contributed by atoms with van der Waals surface area (Å²) in [5, 5.41) is 7.56. The number of amides is 1. The number of carbonyl (C=O) groups is 1. The number of ether oxygens (including phenoxy) is 1. The fourth-order valence-corrected chi connectivity index (χ4v) is 5.26. The van der Waals surface area contributed by atoms with Crippen molar-refractivity contribution < 1.29 is 14.1 Å². The molecule has 2 saturated carbocycles. The summed E-state index contributed by atoms with van der Waals surface area (Å²) in [7, 11) is 0. The van der Waals surface area contributed by atoms with Gasteiger partial charge in [0, 0.05) is 31.5 Å². The van der Waals surface area contributed by atoms with Gasteiger partial charge in [-0.2, -0.15) is 4.98 Å². The van der Waals surface area contributed by atoms with Gasteiger partial charge < -0.3 is 14.6 Å². The largest absolute Gasteiger partial charge is 0.379 e. The highest BCUT2D eigenvalue weighted by Gasteiger charge is 2.45. The summed E-state index contributed by atoms with van der Waals surface area (Å²) in [6.45, 7) is 5.42. The van der Waals surface area contributed by atoms with E-state index in [1.165, 1.54) is 12.8 Å². The zero-order chi connectivity index (χ0) is 18.7. The van der Waals surface area contributed by atoms with Crippen LogP contribution in [0, 0.1) is 0 Å². The van der Waals surface area contributed by atoms with Crippen LogP contribution in [0.25, 0.3) is 0 Å². The first kappa shape index (κ1) is 18.9. The summed E-state index contributed by atoms with van der Waals surface area (Å²) in [4.78, 5) is 20.3. The Bertz CT molecular complexity index is 641. The van der Waals surface area contributed by atoms with Crippen molar-refractivity contribution in [1.82, 2.24) is 20.4 Å². The number of rotatable bonds is 6. The summed E-state index contributed by atoms with van der Waals surface area (Å²) < 4.78 is 10.9. The first-order chi connectivity index (χ1) is 13.2. The lowest BCUT2D eigenvalue weighted by molar-refractivity contribution is -0.127. The van der Waals surface area contributed by atoms with Gasteiger partial charge in [0.05, 0.1) is 13.2 Å². The van der Waals surface area contributed by atoms with E-state index < -0.39 is 5.54 Å². The maximum atomic E-state index is 13.2. The predicted octanol–water partition coefficient (Wildman–Crippen LogP) is 2.55. The Hall–Kier alpha value is -1.47. The van der Waals surface area contributed by atoms with Crippen LogP contribution >= 0.6 is 0 Å². The fourth-order valence-electron chi connectivity index (χ4n) is 5.26. The summed E-state index contributed by atoms with van der Waals surface area (Å²) in [5.74, 6) is 1.44. The minimum absolute atomic E-state index is 0.000506. The third-order valence-corrected chi connectivity index (χ3v) is 6.74. The maximum Gasteiger partial charge on any atom is 0.226 e. The third kappa shape index (κ3) is 3.76. The van der Waals surface area contributed by atoms with E-state index in [0.717, 1.165) is 71.2 Å². The van der Waals surface area contributed by atoms with E-state index in [0.29, 0.717) is 18.1 Å². The molecule has 3 fully saturated rings. The van der Waals surface area contributed by atoms with Gasteiger partial charge in [0.1, 0.15) is 5.54 Å². The van der Waals surface area contributed by atoms with Crippen LogP contribution in [0.1, 0.15) is 76.4 Å². The van der Waals surface area contributed by atoms with Gasteiger partial charge in [-0.25, -0.2) is 0 Å². The fraction of sp³-hybridized carbons (Fsp3) is 0.850. The molecule has 1 aliphatic heterocycles. The molecule has 0 bridgehead atoms. The number of aryl methyl sites for hydroxylation is 1. The van der Waals surface area contributed by atoms with E-state index in [1.807, 2.05) is 6.92 Å². The first-order valence-electron chi connectivity index (χ1n) is 10.6. The van der Waals surface area contributed by atoms with Crippen molar-refractivity contribution in [1.29, 1.82) is 0 Å². The molecule has 7 heteroatoms. The van der Waals surface area contributed by atoms with E-state index in [9.17, 15) is 4.79 Å². The van der Waals surface area contributed by atoms with E-state index in [1.54, 1.807) is 0 Å². The van der Waals surface area contributed by atoms with Crippen molar-refractivity contribution in [3.8, 4) is 0 Å². The van der Waals surface area contributed by atoms with E-state index in [2.05, 4.69) is 20.4 Å². The molecular weight excluding hydrogens is 344 g/mol. The molecule has 7 nitrogen and oxygen atoms in total. The highest BCUT2D eigenvalue weighted by atomic mass is 16.5. The average molecular weight is 377 g/mol. The Kier molecular flexibility index (Phi) is 5.50. The zero-order valence-corrected chi connectivity index (χ0v) is 16.5. The van der Waals surface area contributed by atoms with Crippen molar-refractivity contribution in [3.05, 3.63) is 11.7 Å². The number of hydrogen-bond donors (Lipinski definition) is 1. The topological polar surface area (TPSA) is 80.5 Å². The Morgan fingerprint density at radius 3 is 2.41 bits per heavy atom. The minimum atomic E-state index is -0.446. The number of hydrogen-bond acceptors (Lipinski definition) is 6. The molecule has 0 aromatic carbocycles. The molecule has 1 amide bonds. The monoisotopic (exact) mass is 376 g/mol. The standard InChI is InChI=1S/C20H32N4O3/c1-2-17-21-18(23-27-17)20(9-5-6-10-20)22-16(25)15-19(7-3-4-8-19)24-11-13-26-14-12-24/h2-15H2,1H3,(H,22,25). The number of morpholine rings is 1. The van der Waals surface area contributed by atoms with Gasteiger partial charge in [0.15, 0.2) is 5.82 Å². The van der Waals surface area contributed by atoms with Crippen LogP contribution in [-0.4, -0.2) is 52.8 Å². The second-order valence-corrected chi connectivity index (χ2v) is 8.41. The normalized spacial score (nSPS) is 24.9. The molecule has 150 valence electrons. The van der Waals surface area contributed by atoms with E-state index in [-0.39, 0.29) is 11.4 Å². The van der Waals surface area contributed by atoms with Crippen molar-refractivity contribution in [2.75, 3.05) is 26.3 Å². The van der Waals surface area contributed by atoms with Crippen LogP contribution in [0.4, 0.5) is 0 Å². The van der Waals surface area contributed by atoms with Crippen LogP contribution in [0.5, 0.6) is 0 Å². The highest BCUT2D eigenvalue weighted by molar-refractivity contribution is 5.78. The number of aromatic nitrogens is 2. The van der Waals surface area contributed by atoms with Crippen molar-refractivity contribution >= 4 is 5.91 Å². The molecule has 1 saturated heterocycles. The maximum absolute atomic E-state index is 13.2. The van der Waals surface area contributed by atoms with Crippen LogP contribution in [0.15, 0.2) is 4.52 Å². The van der Waals surface area contributed by atoms with Crippen LogP contribution < -0.4 is 5.32 Å². The predicted molar refractivity (Wildman–Crippen MR) is 100 cm³/mol. The molecule has 2 aliphatic carbocycles. The van der Waals surface area contributed by atoms with E-state index in [4.69, 9.17) is 9.26 Å². The van der Waals surface area contributed by atoms with Gasteiger partial charge in [0.2, 0.25) is 11.8 Å². The third-order valence-electron chi connectivity index (χ3n) is 6.74. The quantitative estimate of drug-likeness (QED) is 0.822. The van der Waals surface area contributed by atoms with E-state index >= 15 is 0 Å². The molecule has 1 aromatic rings. The molecule has 0 atom stereocenters. The second kappa shape index (κ2) is 7.87. The highest BCUT2D eigenvalue weighted by Crippen LogP contribution is 2.41. The average Bonchev–Trinajstić information content (AvgIpc) is 3.44.